The molecule has 11 heavy (non-hydrogen) atoms. The maximum Gasteiger partial charge on any atom is 2.00 e. The Morgan fingerprint density at radius 2 is 0.727 bits per heavy atom. The van der Waals surface area contributed by atoms with Crippen molar-refractivity contribution in [3.8, 4) is 0 Å². The molecule has 2 nitrogen and oxygen atoms in total. The third-order valence-corrected chi connectivity index (χ3v) is 1.41. The fourth-order valence-electron chi connectivity index (χ4n) is 0.354. The second kappa shape index (κ2) is 13.8. The van der Waals surface area contributed by atoms with E-state index in [1.807, 2.05) is 0 Å². The maximum atomic E-state index is 3.11. The molecule has 0 aliphatic carbocycles. The normalized spacial score (nSPS) is 17.5. The van der Waals surface area contributed by atoms with Gasteiger partial charge in [-0.05, 0) is 39.0 Å². The molecule has 2 N–H and O–H groups in total. The monoisotopic (exact) mass is 379 g/mol. The van der Waals surface area contributed by atoms with Crippen LogP contribution in [0.5, 0.6) is 0 Å². The zero-order valence-corrected chi connectivity index (χ0v) is 10.1. The Kier molecular flexibility index (Phi) is 22.6. The summed E-state index contributed by atoms with van der Waals surface area (Å²) in [6.45, 7) is 5.00. The van der Waals surface area contributed by atoms with Crippen molar-refractivity contribution in [2.75, 3.05) is 26.2 Å². The van der Waals surface area contributed by atoms with Crippen LogP contribution in [0, 0.1) is 0 Å². The molecule has 0 aromatic carbocycles. The predicted octanol–water partition coefficient (Wildman–Crippen LogP) is -6.04. The van der Waals surface area contributed by atoms with Crippen molar-refractivity contribution in [2.24, 2.45) is 0 Å². The minimum absolute atomic E-state index is 0. The van der Waals surface area contributed by atoms with Gasteiger partial charge in [-0.15, -0.1) is 0 Å². The van der Waals surface area contributed by atoms with Crippen molar-refractivity contribution >= 4 is 0 Å². The summed E-state index contributed by atoms with van der Waals surface area (Å²) >= 11 is 0. The molecule has 0 bridgehead atoms. The minimum Gasteiger partial charge on any atom is -1.00 e. The van der Waals surface area contributed by atoms with Gasteiger partial charge in [0.1, 0.15) is 0 Å². The minimum atomic E-state index is 0. The summed E-state index contributed by atoms with van der Waals surface area (Å²) in [5, 5.41) is 6.22. The standard InChI is InChI=1S/2C3H7N.2ClH.Pt/c2*1-2-4-3-1;;;/h2*4H,1-3H2;2*1H;/q;;;;+2/p-2. The van der Waals surface area contributed by atoms with E-state index in [0.717, 1.165) is 0 Å². The first-order chi connectivity index (χ1) is 4.00. The largest absolute Gasteiger partial charge is 2.00 e. The van der Waals surface area contributed by atoms with Crippen LogP contribution in [0.1, 0.15) is 12.8 Å². The quantitative estimate of drug-likeness (QED) is 0.438. The van der Waals surface area contributed by atoms with Gasteiger partial charge in [-0.2, -0.15) is 0 Å². The summed E-state index contributed by atoms with van der Waals surface area (Å²) in [5.41, 5.74) is 0. The molecule has 2 saturated heterocycles. The van der Waals surface area contributed by atoms with Crippen LogP contribution in [-0.2, 0) is 21.1 Å². The summed E-state index contributed by atoms with van der Waals surface area (Å²) in [4.78, 5) is 0. The molecule has 0 saturated carbocycles. The Balaban J connectivity index is -0.0000000914. The van der Waals surface area contributed by atoms with E-state index >= 15 is 0 Å². The number of rotatable bonds is 0. The van der Waals surface area contributed by atoms with E-state index in [0.29, 0.717) is 0 Å². The van der Waals surface area contributed by atoms with Gasteiger partial charge in [-0.3, -0.25) is 0 Å². The smallest absolute Gasteiger partial charge is 1.00 e. The van der Waals surface area contributed by atoms with E-state index < -0.39 is 0 Å². The van der Waals surface area contributed by atoms with Gasteiger partial charge in [0.2, 0.25) is 0 Å². The molecule has 0 unspecified atom stereocenters. The van der Waals surface area contributed by atoms with E-state index in [4.69, 9.17) is 0 Å². The van der Waals surface area contributed by atoms with Crippen molar-refractivity contribution in [3.63, 3.8) is 0 Å². The number of nitrogens with one attached hydrogen (secondary N) is 2. The van der Waals surface area contributed by atoms with Gasteiger partial charge in [0.25, 0.3) is 0 Å². The van der Waals surface area contributed by atoms with Crippen LogP contribution >= 0.6 is 0 Å². The second-order valence-electron chi connectivity index (χ2n) is 2.21. The first-order valence-corrected chi connectivity index (χ1v) is 3.41. The van der Waals surface area contributed by atoms with Crippen molar-refractivity contribution < 1.29 is 45.9 Å². The molecule has 2 fully saturated rings. The van der Waals surface area contributed by atoms with E-state index in [1.165, 1.54) is 39.0 Å². The van der Waals surface area contributed by atoms with Crippen LogP contribution in [0.15, 0.2) is 0 Å². The molecule has 5 heteroatoms. The van der Waals surface area contributed by atoms with Gasteiger partial charge in [-0.25, -0.2) is 0 Å². The molecule has 2 heterocycles. The summed E-state index contributed by atoms with van der Waals surface area (Å²) in [6, 6.07) is 0. The number of hydrogen-bond donors (Lipinski definition) is 2. The molecule has 0 spiro atoms. The summed E-state index contributed by atoms with van der Waals surface area (Å²) in [6.07, 6.45) is 2.78. The summed E-state index contributed by atoms with van der Waals surface area (Å²) in [5.74, 6) is 0. The van der Waals surface area contributed by atoms with Crippen LogP contribution in [0.2, 0.25) is 0 Å². The second-order valence-corrected chi connectivity index (χ2v) is 2.21. The molecule has 2 aliphatic rings. The average Bonchev–Trinajstić information content (AvgIpc) is 1.12. The summed E-state index contributed by atoms with van der Waals surface area (Å²) < 4.78 is 0. The zero-order chi connectivity index (χ0) is 5.66. The molecular formula is C6H14Cl2N2Pt. The van der Waals surface area contributed by atoms with Crippen LogP contribution in [-0.4, -0.2) is 26.2 Å². The van der Waals surface area contributed by atoms with Crippen LogP contribution in [0.3, 0.4) is 0 Å². The molecule has 0 atom stereocenters. The van der Waals surface area contributed by atoms with Crippen molar-refractivity contribution in [1.82, 2.24) is 10.6 Å². The zero-order valence-electron chi connectivity index (χ0n) is 6.31. The van der Waals surface area contributed by atoms with E-state index in [-0.39, 0.29) is 45.9 Å². The summed E-state index contributed by atoms with van der Waals surface area (Å²) in [7, 11) is 0. The number of halogens is 2. The van der Waals surface area contributed by atoms with Gasteiger partial charge in [0.05, 0.1) is 0 Å². The molecule has 2 rings (SSSR count). The Bertz CT molecular complexity index is 42.5. The van der Waals surface area contributed by atoms with Gasteiger partial charge >= 0.3 is 21.1 Å². The average molecular weight is 380 g/mol. The molecule has 72 valence electrons. The fraction of sp³-hybridized carbons (Fsp3) is 1.00. The molecule has 0 amide bonds. The van der Waals surface area contributed by atoms with Crippen molar-refractivity contribution in [3.05, 3.63) is 0 Å². The maximum absolute atomic E-state index is 3.11. The van der Waals surface area contributed by atoms with Crippen LogP contribution in [0.25, 0.3) is 0 Å². The molecule has 0 radical (unpaired) electrons. The fourth-order valence-corrected chi connectivity index (χ4v) is 0.354. The SMILES string of the molecule is C1CNC1.C1CNC1.[Cl-].[Cl-].[Pt+2]. The Labute approximate surface area is 95.4 Å². The first-order valence-electron chi connectivity index (χ1n) is 3.41. The Hall–Kier alpha value is 1.19. The third-order valence-electron chi connectivity index (χ3n) is 1.41. The topological polar surface area (TPSA) is 24.1 Å². The molecule has 2 aliphatic heterocycles. The molecule has 0 aromatic rings. The molecular weight excluding hydrogens is 366 g/mol. The van der Waals surface area contributed by atoms with E-state index in [9.17, 15) is 0 Å². The number of hydrogen-bond acceptors (Lipinski definition) is 2. The first kappa shape index (κ1) is 18.1. The van der Waals surface area contributed by atoms with Gasteiger partial charge in [-0.1, -0.05) is 0 Å². The van der Waals surface area contributed by atoms with Crippen LogP contribution < -0.4 is 35.4 Å². The third kappa shape index (κ3) is 11.2. The van der Waals surface area contributed by atoms with E-state index in [1.54, 1.807) is 0 Å². The van der Waals surface area contributed by atoms with Crippen LogP contribution in [0.4, 0.5) is 0 Å². The van der Waals surface area contributed by atoms with Crippen molar-refractivity contribution in [2.45, 2.75) is 12.8 Å². The predicted molar refractivity (Wildman–Crippen MR) is 35.0 cm³/mol. The molecule has 0 aromatic heterocycles. The van der Waals surface area contributed by atoms with E-state index in [2.05, 4.69) is 10.6 Å². The Morgan fingerprint density at radius 1 is 0.636 bits per heavy atom. The van der Waals surface area contributed by atoms with Gasteiger partial charge in [0.15, 0.2) is 0 Å². The van der Waals surface area contributed by atoms with Gasteiger partial charge < -0.3 is 35.4 Å². The van der Waals surface area contributed by atoms with Gasteiger partial charge in [0, 0.05) is 0 Å². The Morgan fingerprint density at radius 3 is 0.727 bits per heavy atom. The van der Waals surface area contributed by atoms with Crippen molar-refractivity contribution in [1.29, 1.82) is 0 Å².